The molecule has 1 aromatic heterocycles. The summed E-state index contributed by atoms with van der Waals surface area (Å²) < 4.78 is 15.9. The first-order valence-corrected chi connectivity index (χ1v) is 8.99. The lowest BCUT2D eigenvalue weighted by Gasteiger charge is -2.12. The van der Waals surface area contributed by atoms with E-state index in [-0.39, 0.29) is 17.5 Å². The van der Waals surface area contributed by atoms with E-state index < -0.39 is 0 Å². The quantitative estimate of drug-likeness (QED) is 0.598. The number of hydrogen-bond donors (Lipinski definition) is 2. The maximum Gasteiger partial charge on any atom is 0.274 e. The van der Waals surface area contributed by atoms with Crippen molar-refractivity contribution in [3.8, 4) is 17.2 Å². The van der Waals surface area contributed by atoms with Crippen molar-refractivity contribution in [1.29, 1.82) is 0 Å². The van der Waals surface area contributed by atoms with Gasteiger partial charge in [0.05, 0.1) is 26.5 Å². The number of benzene rings is 2. The van der Waals surface area contributed by atoms with Crippen molar-refractivity contribution in [1.82, 2.24) is 9.97 Å². The summed E-state index contributed by atoms with van der Waals surface area (Å²) in [5.74, 6) is 1.90. The van der Waals surface area contributed by atoms with Crippen molar-refractivity contribution in [3.63, 3.8) is 0 Å². The van der Waals surface area contributed by atoms with Crippen LogP contribution in [0, 0.1) is 0 Å². The van der Waals surface area contributed by atoms with Crippen LogP contribution < -0.4 is 24.8 Å². The van der Waals surface area contributed by atoms with Gasteiger partial charge in [0.15, 0.2) is 0 Å². The largest absolute Gasteiger partial charge is 0.497 e. The van der Waals surface area contributed by atoms with Crippen LogP contribution in [0.25, 0.3) is 0 Å². The molecule has 0 fully saturated rings. The SMILES string of the molecule is CCOc1ccc(NC(=O)c2ccnc(Nc3ccc(OC)cc3OC)n2)cc1. The first kappa shape index (κ1) is 19.9. The first-order chi connectivity index (χ1) is 14.1. The van der Waals surface area contributed by atoms with Gasteiger partial charge in [-0.2, -0.15) is 0 Å². The van der Waals surface area contributed by atoms with Crippen molar-refractivity contribution >= 4 is 23.2 Å². The third-order valence-electron chi connectivity index (χ3n) is 3.97. The summed E-state index contributed by atoms with van der Waals surface area (Å²) in [5, 5.41) is 5.86. The maximum atomic E-state index is 12.5. The molecule has 0 spiro atoms. The second-order valence-corrected chi connectivity index (χ2v) is 5.87. The molecule has 2 aromatic carbocycles. The fourth-order valence-corrected chi connectivity index (χ4v) is 2.56. The van der Waals surface area contributed by atoms with Crippen LogP contribution in [0.4, 0.5) is 17.3 Å². The molecule has 150 valence electrons. The predicted molar refractivity (Wildman–Crippen MR) is 110 cm³/mol. The predicted octanol–water partition coefficient (Wildman–Crippen LogP) is 3.89. The highest BCUT2D eigenvalue weighted by atomic mass is 16.5. The van der Waals surface area contributed by atoms with Crippen LogP contribution in [-0.2, 0) is 0 Å². The lowest BCUT2D eigenvalue weighted by atomic mass is 10.2. The van der Waals surface area contributed by atoms with Gasteiger partial charge in [0.1, 0.15) is 22.9 Å². The lowest BCUT2D eigenvalue weighted by molar-refractivity contribution is 0.102. The summed E-state index contributed by atoms with van der Waals surface area (Å²) in [4.78, 5) is 21.0. The van der Waals surface area contributed by atoms with Gasteiger partial charge in [-0.05, 0) is 49.4 Å². The molecule has 0 radical (unpaired) electrons. The molecular weight excluding hydrogens is 372 g/mol. The summed E-state index contributed by atoms with van der Waals surface area (Å²) in [6.45, 7) is 2.50. The Labute approximate surface area is 168 Å². The van der Waals surface area contributed by atoms with E-state index in [9.17, 15) is 4.79 Å². The zero-order valence-electron chi connectivity index (χ0n) is 16.4. The van der Waals surface area contributed by atoms with Gasteiger partial charge in [0.2, 0.25) is 5.95 Å². The summed E-state index contributed by atoms with van der Waals surface area (Å²) in [6, 6.07) is 14.0. The Bertz CT molecular complexity index is 977. The van der Waals surface area contributed by atoms with Crippen molar-refractivity contribution in [2.45, 2.75) is 6.92 Å². The Morgan fingerprint density at radius 3 is 2.45 bits per heavy atom. The average molecular weight is 394 g/mol. The van der Waals surface area contributed by atoms with Gasteiger partial charge in [-0.25, -0.2) is 9.97 Å². The fraction of sp³-hybridized carbons (Fsp3) is 0.190. The van der Waals surface area contributed by atoms with E-state index in [1.807, 2.05) is 6.92 Å². The third-order valence-corrected chi connectivity index (χ3v) is 3.97. The van der Waals surface area contributed by atoms with Crippen molar-refractivity contribution in [3.05, 3.63) is 60.4 Å². The molecular formula is C21H22N4O4. The van der Waals surface area contributed by atoms with Gasteiger partial charge in [-0.15, -0.1) is 0 Å². The maximum absolute atomic E-state index is 12.5. The molecule has 0 bridgehead atoms. The molecule has 0 saturated carbocycles. The third kappa shape index (κ3) is 5.13. The highest BCUT2D eigenvalue weighted by Gasteiger charge is 2.11. The van der Waals surface area contributed by atoms with Crippen molar-refractivity contribution < 1.29 is 19.0 Å². The minimum absolute atomic E-state index is 0.226. The Balaban J connectivity index is 1.72. The lowest BCUT2D eigenvalue weighted by Crippen LogP contribution is -2.14. The molecule has 1 heterocycles. The summed E-state index contributed by atoms with van der Waals surface area (Å²) in [5.41, 5.74) is 1.52. The van der Waals surface area contributed by atoms with E-state index in [1.54, 1.807) is 62.8 Å². The van der Waals surface area contributed by atoms with Crippen LogP contribution in [0.1, 0.15) is 17.4 Å². The van der Waals surface area contributed by atoms with Crippen LogP contribution >= 0.6 is 0 Å². The molecule has 3 aromatic rings. The van der Waals surface area contributed by atoms with E-state index in [0.717, 1.165) is 5.75 Å². The fourth-order valence-electron chi connectivity index (χ4n) is 2.56. The van der Waals surface area contributed by atoms with Crippen LogP contribution in [0.2, 0.25) is 0 Å². The minimum Gasteiger partial charge on any atom is -0.497 e. The minimum atomic E-state index is -0.346. The average Bonchev–Trinajstić information content (AvgIpc) is 2.75. The molecule has 0 unspecified atom stereocenters. The summed E-state index contributed by atoms with van der Waals surface area (Å²) >= 11 is 0. The number of rotatable bonds is 8. The number of anilines is 3. The topological polar surface area (TPSA) is 94.6 Å². The van der Waals surface area contributed by atoms with Crippen molar-refractivity contribution in [2.24, 2.45) is 0 Å². The van der Waals surface area contributed by atoms with E-state index >= 15 is 0 Å². The van der Waals surface area contributed by atoms with Gasteiger partial charge >= 0.3 is 0 Å². The number of hydrogen-bond acceptors (Lipinski definition) is 7. The number of nitrogens with one attached hydrogen (secondary N) is 2. The first-order valence-electron chi connectivity index (χ1n) is 8.99. The van der Waals surface area contributed by atoms with Gasteiger partial charge < -0.3 is 24.8 Å². The summed E-state index contributed by atoms with van der Waals surface area (Å²) in [7, 11) is 3.14. The molecule has 3 rings (SSSR count). The Hall–Kier alpha value is -3.81. The summed E-state index contributed by atoms with van der Waals surface area (Å²) in [6.07, 6.45) is 1.51. The molecule has 8 nitrogen and oxygen atoms in total. The Morgan fingerprint density at radius 1 is 1.00 bits per heavy atom. The molecule has 0 saturated heterocycles. The number of aromatic nitrogens is 2. The van der Waals surface area contributed by atoms with Crippen LogP contribution in [-0.4, -0.2) is 36.7 Å². The normalized spacial score (nSPS) is 10.2. The Kier molecular flexibility index (Phi) is 6.47. The van der Waals surface area contributed by atoms with Gasteiger partial charge in [-0.1, -0.05) is 0 Å². The van der Waals surface area contributed by atoms with Crippen LogP contribution in [0.15, 0.2) is 54.7 Å². The second-order valence-electron chi connectivity index (χ2n) is 5.87. The van der Waals surface area contributed by atoms with Gasteiger partial charge in [0.25, 0.3) is 5.91 Å². The molecule has 0 aliphatic heterocycles. The molecule has 2 N–H and O–H groups in total. The second kappa shape index (κ2) is 9.41. The number of nitrogens with zero attached hydrogens (tertiary/aromatic N) is 2. The molecule has 29 heavy (non-hydrogen) atoms. The van der Waals surface area contributed by atoms with Gasteiger partial charge in [0, 0.05) is 18.0 Å². The molecule has 0 aliphatic rings. The van der Waals surface area contributed by atoms with Gasteiger partial charge in [-0.3, -0.25) is 4.79 Å². The number of amides is 1. The van der Waals surface area contributed by atoms with E-state index in [0.29, 0.717) is 29.5 Å². The monoisotopic (exact) mass is 394 g/mol. The molecule has 8 heteroatoms. The van der Waals surface area contributed by atoms with E-state index in [4.69, 9.17) is 14.2 Å². The molecule has 0 aliphatic carbocycles. The zero-order valence-corrected chi connectivity index (χ0v) is 16.4. The highest BCUT2D eigenvalue weighted by molar-refractivity contribution is 6.03. The van der Waals surface area contributed by atoms with Crippen LogP contribution in [0.3, 0.4) is 0 Å². The van der Waals surface area contributed by atoms with E-state index in [1.165, 1.54) is 6.20 Å². The number of ether oxygens (including phenoxy) is 3. The van der Waals surface area contributed by atoms with Crippen LogP contribution in [0.5, 0.6) is 17.2 Å². The zero-order chi connectivity index (χ0) is 20.6. The smallest absolute Gasteiger partial charge is 0.274 e. The highest BCUT2D eigenvalue weighted by Crippen LogP contribution is 2.30. The van der Waals surface area contributed by atoms with Crippen molar-refractivity contribution in [2.75, 3.05) is 31.5 Å². The molecule has 1 amide bonds. The standard InChI is InChI=1S/C21H22N4O4/c1-4-29-15-7-5-14(6-8-15)23-20(26)18-11-12-22-21(25-18)24-17-10-9-16(27-2)13-19(17)28-3/h5-13H,4H2,1-3H3,(H,23,26)(H,22,24,25). The number of carbonyl (C=O) groups excluding carboxylic acids is 1. The number of methoxy groups -OCH3 is 2. The number of carbonyl (C=O) groups is 1. The van der Waals surface area contributed by atoms with E-state index in [2.05, 4.69) is 20.6 Å². The molecule has 0 atom stereocenters. The Morgan fingerprint density at radius 2 is 1.76 bits per heavy atom.